The average Bonchev–Trinajstić information content (AvgIpc) is 3.12. The molecule has 17 heavy (non-hydrogen) atoms. The summed E-state index contributed by atoms with van der Waals surface area (Å²) in [5.74, 6) is 8.61. The molecule has 2 rings (SSSR count). The Hall–Kier alpha value is -1.36. The summed E-state index contributed by atoms with van der Waals surface area (Å²) >= 11 is 0. The quantitative estimate of drug-likeness (QED) is 0.519. The van der Waals surface area contributed by atoms with Crippen LogP contribution in [0.2, 0.25) is 0 Å². The van der Waals surface area contributed by atoms with Crippen molar-refractivity contribution in [3.8, 4) is 0 Å². The molecular weight excluding hydrogens is 214 g/mol. The number of nitrogens with zero attached hydrogens (tertiary/aromatic N) is 2. The van der Waals surface area contributed by atoms with Crippen LogP contribution in [0.25, 0.3) is 0 Å². The number of hydrogen-bond donors (Lipinski definition) is 3. The van der Waals surface area contributed by atoms with Crippen LogP contribution >= 0.6 is 0 Å². The van der Waals surface area contributed by atoms with Crippen molar-refractivity contribution in [1.29, 1.82) is 0 Å². The first kappa shape index (κ1) is 12.1. The molecule has 1 aromatic rings. The summed E-state index contributed by atoms with van der Waals surface area (Å²) in [6.45, 7) is 4.32. The van der Waals surface area contributed by atoms with E-state index < -0.39 is 0 Å². The van der Waals surface area contributed by atoms with Gasteiger partial charge in [0.1, 0.15) is 17.5 Å². The fourth-order valence-electron chi connectivity index (χ4n) is 1.93. The van der Waals surface area contributed by atoms with Gasteiger partial charge in [0, 0.05) is 18.5 Å². The number of hydrogen-bond acceptors (Lipinski definition) is 5. The molecule has 0 bridgehead atoms. The van der Waals surface area contributed by atoms with Gasteiger partial charge in [-0.05, 0) is 32.1 Å². The number of nitrogen functional groups attached to an aromatic ring is 1. The van der Waals surface area contributed by atoms with E-state index in [1.165, 1.54) is 12.8 Å². The third-order valence-electron chi connectivity index (χ3n) is 3.10. The molecule has 1 aliphatic carbocycles. The molecule has 94 valence electrons. The lowest BCUT2D eigenvalue weighted by Crippen LogP contribution is -2.19. The lowest BCUT2D eigenvalue weighted by molar-refractivity contribution is 0.688. The van der Waals surface area contributed by atoms with Crippen LogP contribution in [-0.2, 0) is 6.42 Å². The summed E-state index contributed by atoms with van der Waals surface area (Å²) in [6.07, 6.45) is 4.56. The maximum Gasteiger partial charge on any atom is 0.145 e. The molecule has 0 aliphatic heterocycles. The van der Waals surface area contributed by atoms with E-state index in [4.69, 9.17) is 5.84 Å². The van der Waals surface area contributed by atoms with Crippen LogP contribution in [0.15, 0.2) is 6.07 Å². The number of anilines is 2. The third kappa shape index (κ3) is 3.30. The fourth-order valence-corrected chi connectivity index (χ4v) is 1.93. The van der Waals surface area contributed by atoms with Gasteiger partial charge in [-0.3, -0.25) is 0 Å². The van der Waals surface area contributed by atoms with Gasteiger partial charge in [-0.2, -0.15) is 0 Å². The Balaban J connectivity index is 2.10. The summed E-state index contributed by atoms with van der Waals surface area (Å²) in [5, 5.41) is 3.43. The molecule has 1 atom stereocenters. The van der Waals surface area contributed by atoms with Gasteiger partial charge in [-0.1, -0.05) is 6.92 Å². The monoisotopic (exact) mass is 235 g/mol. The lowest BCUT2D eigenvalue weighted by Gasteiger charge is -2.15. The highest BCUT2D eigenvalue weighted by Gasteiger charge is 2.28. The van der Waals surface area contributed by atoms with E-state index in [0.29, 0.717) is 11.9 Å². The zero-order valence-corrected chi connectivity index (χ0v) is 10.5. The van der Waals surface area contributed by atoms with Crippen LogP contribution in [0.4, 0.5) is 11.6 Å². The smallest absolute Gasteiger partial charge is 0.145 e. The van der Waals surface area contributed by atoms with Gasteiger partial charge < -0.3 is 10.7 Å². The summed E-state index contributed by atoms with van der Waals surface area (Å²) in [6, 6.07) is 2.34. The molecule has 1 aliphatic rings. The second kappa shape index (κ2) is 5.31. The van der Waals surface area contributed by atoms with Gasteiger partial charge in [0.25, 0.3) is 0 Å². The summed E-state index contributed by atoms with van der Waals surface area (Å²) in [5.41, 5.74) is 2.59. The Morgan fingerprint density at radius 2 is 2.12 bits per heavy atom. The predicted molar refractivity (Wildman–Crippen MR) is 69.6 cm³/mol. The average molecular weight is 235 g/mol. The Bertz CT molecular complexity index is 375. The number of nitrogens with two attached hydrogens (primary N) is 1. The van der Waals surface area contributed by atoms with Gasteiger partial charge in [0.15, 0.2) is 0 Å². The van der Waals surface area contributed by atoms with Gasteiger partial charge in [0.2, 0.25) is 0 Å². The van der Waals surface area contributed by atoms with Gasteiger partial charge >= 0.3 is 0 Å². The first-order valence-electron chi connectivity index (χ1n) is 6.34. The molecule has 1 heterocycles. The van der Waals surface area contributed by atoms with E-state index >= 15 is 0 Å². The minimum Gasteiger partial charge on any atom is -0.367 e. The van der Waals surface area contributed by atoms with Crippen LogP contribution in [-0.4, -0.2) is 16.0 Å². The zero-order valence-electron chi connectivity index (χ0n) is 10.5. The van der Waals surface area contributed by atoms with E-state index in [1.54, 1.807) is 0 Å². The van der Waals surface area contributed by atoms with E-state index in [2.05, 4.69) is 34.6 Å². The molecule has 4 N–H and O–H groups in total. The van der Waals surface area contributed by atoms with Gasteiger partial charge in [-0.15, -0.1) is 0 Å². The second-order valence-electron chi connectivity index (χ2n) is 4.72. The van der Waals surface area contributed by atoms with Gasteiger partial charge in [-0.25, -0.2) is 15.8 Å². The van der Waals surface area contributed by atoms with E-state index in [1.807, 2.05) is 6.07 Å². The normalized spacial score (nSPS) is 16.6. The van der Waals surface area contributed by atoms with Crippen molar-refractivity contribution in [1.82, 2.24) is 9.97 Å². The molecular formula is C12H21N5. The highest BCUT2D eigenvalue weighted by molar-refractivity contribution is 5.47. The summed E-state index contributed by atoms with van der Waals surface area (Å²) < 4.78 is 0. The summed E-state index contributed by atoms with van der Waals surface area (Å²) in [4.78, 5) is 8.83. The van der Waals surface area contributed by atoms with Crippen molar-refractivity contribution < 1.29 is 0 Å². The molecule has 1 aromatic heterocycles. The Labute approximate surface area is 102 Å². The first-order valence-corrected chi connectivity index (χ1v) is 6.34. The minimum absolute atomic E-state index is 0.477. The Morgan fingerprint density at radius 1 is 1.41 bits per heavy atom. The molecule has 0 spiro atoms. The zero-order chi connectivity index (χ0) is 12.3. The molecule has 1 saturated carbocycles. The molecule has 0 radical (unpaired) electrons. The molecule has 1 unspecified atom stereocenters. The topological polar surface area (TPSA) is 75.9 Å². The van der Waals surface area contributed by atoms with Crippen molar-refractivity contribution >= 4 is 11.6 Å². The SMILES string of the molecule is CCCc1nc(NN)cc(NC(C)C2CC2)n1. The first-order chi connectivity index (χ1) is 8.22. The van der Waals surface area contributed by atoms with Crippen LogP contribution in [0.1, 0.15) is 38.9 Å². The van der Waals surface area contributed by atoms with Crippen LogP contribution in [0, 0.1) is 5.92 Å². The van der Waals surface area contributed by atoms with E-state index in [0.717, 1.165) is 30.4 Å². The van der Waals surface area contributed by atoms with E-state index in [9.17, 15) is 0 Å². The molecule has 0 amide bonds. The number of nitrogens with one attached hydrogen (secondary N) is 2. The lowest BCUT2D eigenvalue weighted by atomic mass is 10.2. The van der Waals surface area contributed by atoms with Crippen LogP contribution in [0.3, 0.4) is 0 Å². The van der Waals surface area contributed by atoms with Crippen LogP contribution in [0.5, 0.6) is 0 Å². The highest BCUT2D eigenvalue weighted by Crippen LogP contribution is 2.33. The second-order valence-corrected chi connectivity index (χ2v) is 4.72. The Morgan fingerprint density at radius 3 is 2.71 bits per heavy atom. The third-order valence-corrected chi connectivity index (χ3v) is 3.10. The molecule has 5 nitrogen and oxygen atoms in total. The number of hydrazine groups is 1. The standard InChI is InChI=1S/C12H21N5/c1-3-4-10-15-11(7-12(16-10)17-13)14-8(2)9-5-6-9/h7-9H,3-6,13H2,1-2H3,(H2,14,15,16,17). The van der Waals surface area contributed by atoms with Crippen molar-refractivity contribution in [3.05, 3.63) is 11.9 Å². The molecule has 5 heteroatoms. The number of aromatic nitrogens is 2. The summed E-state index contributed by atoms with van der Waals surface area (Å²) in [7, 11) is 0. The minimum atomic E-state index is 0.477. The predicted octanol–water partition coefficient (Wildman–Crippen LogP) is 1.93. The number of rotatable bonds is 6. The Kier molecular flexibility index (Phi) is 3.78. The van der Waals surface area contributed by atoms with Crippen molar-refractivity contribution in [2.45, 2.75) is 45.6 Å². The highest BCUT2D eigenvalue weighted by atomic mass is 15.3. The largest absolute Gasteiger partial charge is 0.367 e. The molecule has 0 saturated heterocycles. The van der Waals surface area contributed by atoms with Gasteiger partial charge in [0.05, 0.1) is 0 Å². The molecule has 1 fully saturated rings. The van der Waals surface area contributed by atoms with Crippen LogP contribution < -0.4 is 16.6 Å². The maximum atomic E-state index is 5.42. The maximum absolute atomic E-state index is 5.42. The molecule has 0 aromatic carbocycles. The van der Waals surface area contributed by atoms with Crippen molar-refractivity contribution in [2.24, 2.45) is 11.8 Å². The number of aryl methyl sites for hydroxylation is 1. The fraction of sp³-hybridized carbons (Fsp3) is 0.667. The van der Waals surface area contributed by atoms with Crippen molar-refractivity contribution in [3.63, 3.8) is 0 Å². The van der Waals surface area contributed by atoms with E-state index in [-0.39, 0.29) is 0 Å². The van der Waals surface area contributed by atoms with Crippen molar-refractivity contribution in [2.75, 3.05) is 10.7 Å².